The predicted octanol–water partition coefficient (Wildman–Crippen LogP) is 1.00. The summed E-state index contributed by atoms with van der Waals surface area (Å²) in [7, 11) is 0. The lowest BCUT2D eigenvalue weighted by molar-refractivity contribution is -0.230. The first-order valence-corrected chi connectivity index (χ1v) is 4.10. The minimum absolute atomic E-state index is 0.0675. The van der Waals surface area contributed by atoms with Crippen LogP contribution >= 0.6 is 0 Å². The first kappa shape index (κ1) is 9.48. The molecule has 0 aliphatic carbocycles. The highest BCUT2D eigenvalue weighted by Crippen LogP contribution is 2.19. The first-order valence-electron chi connectivity index (χ1n) is 4.10. The van der Waals surface area contributed by atoms with Crippen LogP contribution in [0.5, 0.6) is 0 Å². The van der Waals surface area contributed by atoms with E-state index in [0.29, 0.717) is 6.42 Å². The van der Waals surface area contributed by atoms with Gasteiger partial charge < -0.3 is 14.6 Å². The summed E-state index contributed by atoms with van der Waals surface area (Å²) in [5, 5.41) is 8.52. The van der Waals surface area contributed by atoms with E-state index in [0.717, 1.165) is 0 Å². The topological polar surface area (TPSA) is 55.8 Å². The van der Waals surface area contributed by atoms with E-state index < -0.39 is 5.97 Å². The van der Waals surface area contributed by atoms with Gasteiger partial charge in [-0.05, 0) is 13.8 Å². The number of hydrogen-bond acceptors (Lipinski definition) is 3. The van der Waals surface area contributed by atoms with Gasteiger partial charge in [-0.1, -0.05) is 0 Å². The molecule has 0 aromatic carbocycles. The van der Waals surface area contributed by atoms with Crippen LogP contribution in [-0.2, 0) is 14.3 Å². The Hall–Kier alpha value is -0.610. The number of aliphatic carboxylic acids is 1. The molecule has 0 radical (unpaired) electrons. The van der Waals surface area contributed by atoms with E-state index in [9.17, 15) is 4.79 Å². The van der Waals surface area contributed by atoms with Crippen LogP contribution in [0.3, 0.4) is 0 Å². The van der Waals surface area contributed by atoms with Crippen LogP contribution in [0.2, 0.25) is 0 Å². The van der Waals surface area contributed by atoms with Crippen molar-refractivity contribution in [2.75, 3.05) is 0 Å². The van der Waals surface area contributed by atoms with Crippen molar-refractivity contribution in [3.8, 4) is 0 Å². The Labute approximate surface area is 71.5 Å². The smallest absolute Gasteiger partial charge is 0.305 e. The fourth-order valence-electron chi connectivity index (χ4n) is 1.44. The lowest BCUT2D eigenvalue weighted by Gasteiger charge is -2.31. The fraction of sp³-hybridized carbons (Fsp3) is 0.875. The summed E-state index contributed by atoms with van der Waals surface area (Å²) in [6, 6.07) is 0. The van der Waals surface area contributed by atoms with E-state index in [4.69, 9.17) is 14.6 Å². The Morgan fingerprint density at radius 2 is 2.17 bits per heavy atom. The van der Waals surface area contributed by atoms with Crippen molar-refractivity contribution in [1.82, 2.24) is 0 Å². The van der Waals surface area contributed by atoms with Crippen molar-refractivity contribution in [2.45, 2.75) is 45.2 Å². The molecule has 0 amide bonds. The summed E-state index contributed by atoms with van der Waals surface area (Å²) in [5.74, 6) is -0.818. The summed E-state index contributed by atoms with van der Waals surface area (Å²) in [6.07, 6.45) is 0.353. The molecule has 12 heavy (non-hydrogen) atoms. The van der Waals surface area contributed by atoms with Crippen LogP contribution in [0.25, 0.3) is 0 Å². The van der Waals surface area contributed by atoms with Crippen LogP contribution in [0.1, 0.15) is 26.7 Å². The van der Waals surface area contributed by atoms with Crippen LogP contribution in [0.15, 0.2) is 0 Å². The van der Waals surface area contributed by atoms with Gasteiger partial charge in [0.05, 0.1) is 18.6 Å². The standard InChI is InChI=1S/C8H14O4/c1-5-3-7(4-8(9)10)12-6(2)11-5/h5-7H,3-4H2,1-2H3,(H,9,10). The second-order valence-electron chi connectivity index (χ2n) is 3.11. The van der Waals surface area contributed by atoms with E-state index in [-0.39, 0.29) is 24.9 Å². The molecular formula is C8H14O4. The molecule has 0 aromatic heterocycles. The molecule has 1 heterocycles. The van der Waals surface area contributed by atoms with Crippen molar-refractivity contribution in [3.05, 3.63) is 0 Å². The van der Waals surface area contributed by atoms with E-state index in [2.05, 4.69) is 0 Å². The first-order chi connectivity index (χ1) is 5.58. The van der Waals surface area contributed by atoms with Crippen LogP contribution in [-0.4, -0.2) is 29.6 Å². The molecular weight excluding hydrogens is 160 g/mol. The van der Waals surface area contributed by atoms with Gasteiger partial charge in [0.15, 0.2) is 6.29 Å². The molecule has 1 saturated heterocycles. The number of rotatable bonds is 2. The van der Waals surface area contributed by atoms with Gasteiger partial charge in [-0.15, -0.1) is 0 Å². The van der Waals surface area contributed by atoms with Crippen LogP contribution in [0.4, 0.5) is 0 Å². The predicted molar refractivity (Wildman–Crippen MR) is 41.8 cm³/mol. The van der Waals surface area contributed by atoms with E-state index in [1.54, 1.807) is 6.92 Å². The second-order valence-corrected chi connectivity index (χ2v) is 3.11. The maximum atomic E-state index is 10.4. The Balaban J connectivity index is 2.38. The van der Waals surface area contributed by atoms with Gasteiger partial charge in [-0.2, -0.15) is 0 Å². The summed E-state index contributed by atoms with van der Waals surface area (Å²) in [5.41, 5.74) is 0. The van der Waals surface area contributed by atoms with E-state index in [1.165, 1.54) is 0 Å². The van der Waals surface area contributed by atoms with Crippen molar-refractivity contribution in [2.24, 2.45) is 0 Å². The molecule has 0 bridgehead atoms. The third-order valence-corrected chi connectivity index (χ3v) is 1.81. The number of ether oxygens (including phenoxy) is 2. The van der Waals surface area contributed by atoms with Gasteiger partial charge in [0.1, 0.15) is 0 Å². The quantitative estimate of drug-likeness (QED) is 0.678. The van der Waals surface area contributed by atoms with Crippen LogP contribution in [0, 0.1) is 0 Å². The van der Waals surface area contributed by atoms with Gasteiger partial charge >= 0.3 is 5.97 Å². The molecule has 4 nitrogen and oxygen atoms in total. The molecule has 1 N–H and O–H groups in total. The number of carboxylic acids is 1. The highest BCUT2D eigenvalue weighted by molar-refractivity contribution is 5.67. The van der Waals surface area contributed by atoms with Crippen LogP contribution < -0.4 is 0 Å². The lowest BCUT2D eigenvalue weighted by atomic mass is 10.1. The summed E-state index contributed by atoms with van der Waals surface area (Å²) < 4.78 is 10.5. The Morgan fingerprint density at radius 1 is 1.50 bits per heavy atom. The summed E-state index contributed by atoms with van der Waals surface area (Å²) >= 11 is 0. The van der Waals surface area contributed by atoms with Crippen molar-refractivity contribution >= 4 is 5.97 Å². The zero-order chi connectivity index (χ0) is 9.14. The molecule has 1 aliphatic heterocycles. The third-order valence-electron chi connectivity index (χ3n) is 1.81. The average Bonchev–Trinajstić information content (AvgIpc) is 1.81. The van der Waals surface area contributed by atoms with E-state index >= 15 is 0 Å². The zero-order valence-corrected chi connectivity index (χ0v) is 7.32. The van der Waals surface area contributed by atoms with Crippen molar-refractivity contribution < 1.29 is 19.4 Å². The van der Waals surface area contributed by atoms with Gasteiger partial charge in [0, 0.05) is 6.42 Å². The molecule has 1 aliphatic rings. The van der Waals surface area contributed by atoms with Crippen molar-refractivity contribution in [1.29, 1.82) is 0 Å². The van der Waals surface area contributed by atoms with Gasteiger partial charge in [0.2, 0.25) is 0 Å². The minimum atomic E-state index is -0.818. The Bertz CT molecular complexity index is 158. The molecule has 1 fully saturated rings. The highest BCUT2D eigenvalue weighted by Gasteiger charge is 2.26. The minimum Gasteiger partial charge on any atom is -0.481 e. The molecule has 3 atom stereocenters. The normalized spacial score (nSPS) is 36.3. The molecule has 0 saturated carbocycles. The van der Waals surface area contributed by atoms with Crippen molar-refractivity contribution in [3.63, 3.8) is 0 Å². The van der Waals surface area contributed by atoms with Gasteiger partial charge in [-0.25, -0.2) is 0 Å². The van der Waals surface area contributed by atoms with E-state index in [1.807, 2.05) is 6.92 Å². The second kappa shape index (κ2) is 3.87. The highest BCUT2D eigenvalue weighted by atomic mass is 16.7. The maximum absolute atomic E-state index is 10.4. The summed E-state index contributed by atoms with van der Waals surface area (Å²) in [4.78, 5) is 10.4. The average molecular weight is 174 g/mol. The SMILES string of the molecule is CC1CC(CC(=O)O)OC(C)O1. The number of carbonyl (C=O) groups is 1. The molecule has 0 spiro atoms. The third kappa shape index (κ3) is 2.79. The molecule has 70 valence electrons. The fourth-order valence-corrected chi connectivity index (χ4v) is 1.44. The number of carboxylic acid groups (broad SMARTS) is 1. The van der Waals surface area contributed by atoms with Gasteiger partial charge in [0.25, 0.3) is 0 Å². The molecule has 3 unspecified atom stereocenters. The number of hydrogen-bond donors (Lipinski definition) is 1. The monoisotopic (exact) mass is 174 g/mol. The zero-order valence-electron chi connectivity index (χ0n) is 7.32. The summed E-state index contributed by atoms with van der Waals surface area (Å²) in [6.45, 7) is 3.71. The Kier molecular flexibility index (Phi) is 3.05. The molecule has 0 aromatic rings. The van der Waals surface area contributed by atoms with Gasteiger partial charge in [-0.3, -0.25) is 4.79 Å². The Morgan fingerprint density at radius 3 is 2.67 bits per heavy atom. The molecule has 4 heteroatoms. The largest absolute Gasteiger partial charge is 0.481 e. The maximum Gasteiger partial charge on any atom is 0.305 e. The molecule has 1 rings (SSSR count). The lowest BCUT2D eigenvalue weighted by Crippen LogP contribution is -2.36.